The van der Waals surface area contributed by atoms with Crippen LogP contribution in [0, 0.1) is 5.92 Å². The molecule has 8 heteroatoms. The van der Waals surface area contributed by atoms with Gasteiger partial charge in [-0.1, -0.05) is 31.2 Å². The summed E-state index contributed by atoms with van der Waals surface area (Å²) in [6.45, 7) is 8.05. The monoisotopic (exact) mass is 443 g/mol. The zero-order valence-corrected chi connectivity index (χ0v) is 19.1. The molecule has 2 amide bonds. The standard InChI is InChI=1S/C24H33N3O5/c1-4-16-7-9-17(10-8-16)21-20(23(29)32-6-3)19(25-24(30)26-21)15-27-13-11-18(12-14-27)22(28)31-5-2/h7-10,18,21H,4-6,11-15H2,1-3H3,(H2,25,26,30)/t21-/m1/s1. The molecule has 0 unspecified atom stereocenters. The zero-order valence-electron chi connectivity index (χ0n) is 19.1. The minimum absolute atomic E-state index is 0.0999. The van der Waals surface area contributed by atoms with Crippen LogP contribution in [0.15, 0.2) is 35.5 Å². The van der Waals surface area contributed by atoms with Gasteiger partial charge in [0, 0.05) is 12.2 Å². The number of carbonyl (C=O) groups excluding carboxylic acids is 3. The molecule has 0 aliphatic carbocycles. The van der Waals surface area contributed by atoms with E-state index in [-0.39, 0.29) is 24.5 Å². The van der Waals surface area contributed by atoms with Crippen LogP contribution >= 0.6 is 0 Å². The number of piperidine rings is 1. The molecule has 2 aliphatic rings. The predicted molar refractivity (Wildman–Crippen MR) is 120 cm³/mol. The number of aryl methyl sites for hydroxylation is 1. The molecule has 2 N–H and O–H groups in total. The molecule has 0 aromatic heterocycles. The maximum absolute atomic E-state index is 12.9. The molecule has 32 heavy (non-hydrogen) atoms. The van der Waals surface area contributed by atoms with Gasteiger partial charge in [-0.05, 0) is 57.3 Å². The van der Waals surface area contributed by atoms with Crippen LogP contribution in [0.2, 0.25) is 0 Å². The maximum Gasteiger partial charge on any atom is 0.338 e. The third-order valence-corrected chi connectivity index (χ3v) is 5.96. The van der Waals surface area contributed by atoms with Gasteiger partial charge in [0.2, 0.25) is 0 Å². The van der Waals surface area contributed by atoms with E-state index in [1.807, 2.05) is 31.2 Å². The molecule has 2 heterocycles. The molecular formula is C24H33N3O5. The summed E-state index contributed by atoms with van der Waals surface area (Å²) >= 11 is 0. The number of likely N-dealkylation sites (tertiary alicyclic amines) is 1. The maximum atomic E-state index is 12.9. The Morgan fingerprint density at radius 1 is 1.03 bits per heavy atom. The molecule has 0 bridgehead atoms. The van der Waals surface area contributed by atoms with Gasteiger partial charge >= 0.3 is 18.0 Å². The summed E-state index contributed by atoms with van der Waals surface area (Å²) in [4.78, 5) is 39.6. The number of carbonyl (C=O) groups is 3. The summed E-state index contributed by atoms with van der Waals surface area (Å²) in [5.41, 5.74) is 2.98. The van der Waals surface area contributed by atoms with Crippen LogP contribution in [0.1, 0.15) is 50.8 Å². The van der Waals surface area contributed by atoms with E-state index in [9.17, 15) is 14.4 Å². The van der Waals surface area contributed by atoms with E-state index in [1.54, 1.807) is 6.92 Å². The largest absolute Gasteiger partial charge is 0.466 e. The molecule has 1 aromatic carbocycles. The second-order valence-corrected chi connectivity index (χ2v) is 8.04. The number of urea groups is 1. The number of hydrogen-bond acceptors (Lipinski definition) is 6. The van der Waals surface area contributed by atoms with Gasteiger partial charge < -0.3 is 20.1 Å². The van der Waals surface area contributed by atoms with E-state index in [1.165, 1.54) is 5.56 Å². The Kier molecular flexibility index (Phi) is 8.27. The highest BCUT2D eigenvalue weighted by Gasteiger charge is 2.35. The molecule has 1 aromatic rings. The molecule has 3 rings (SSSR count). The number of hydrogen-bond donors (Lipinski definition) is 2. The minimum atomic E-state index is -0.583. The van der Waals surface area contributed by atoms with Crippen LogP contribution in [0.5, 0.6) is 0 Å². The molecule has 1 atom stereocenters. The number of nitrogens with zero attached hydrogens (tertiary/aromatic N) is 1. The van der Waals surface area contributed by atoms with Crippen LogP contribution < -0.4 is 10.6 Å². The molecule has 1 fully saturated rings. The van der Waals surface area contributed by atoms with Gasteiger partial charge in [-0.3, -0.25) is 9.69 Å². The van der Waals surface area contributed by atoms with E-state index in [0.29, 0.717) is 50.4 Å². The smallest absolute Gasteiger partial charge is 0.338 e. The van der Waals surface area contributed by atoms with Gasteiger partial charge in [0.1, 0.15) is 0 Å². The molecule has 174 valence electrons. The number of ether oxygens (including phenoxy) is 2. The van der Waals surface area contributed by atoms with Crippen LogP contribution in [0.3, 0.4) is 0 Å². The Morgan fingerprint density at radius 2 is 1.69 bits per heavy atom. The highest BCUT2D eigenvalue weighted by Crippen LogP contribution is 2.29. The summed E-state index contributed by atoms with van der Waals surface area (Å²) in [5, 5.41) is 5.70. The molecule has 2 aliphatic heterocycles. The van der Waals surface area contributed by atoms with Crippen molar-refractivity contribution in [3.05, 3.63) is 46.7 Å². The van der Waals surface area contributed by atoms with E-state index in [4.69, 9.17) is 9.47 Å². The van der Waals surface area contributed by atoms with Crippen molar-refractivity contribution < 1.29 is 23.9 Å². The first-order chi connectivity index (χ1) is 15.5. The summed E-state index contributed by atoms with van der Waals surface area (Å²) in [7, 11) is 0. The van der Waals surface area contributed by atoms with Crippen molar-refractivity contribution >= 4 is 18.0 Å². The van der Waals surface area contributed by atoms with Gasteiger partial charge in [0.25, 0.3) is 0 Å². The van der Waals surface area contributed by atoms with E-state index < -0.39 is 12.0 Å². The Balaban J connectivity index is 1.83. The average Bonchev–Trinajstić information content (AvgIpc) is 2.79. The Labute approximate surface area is 189 Å². The zero-order chi connectivity index (χ0) is 23.1. The third kappa shape index (κ3) is 5.68. The number of esters is 2. The fourth-order valence-corrected chi connectivity index (χ4v) is 4.20. The molecular weight excluding hydrogens is 410 g/mol. The number of nitrogens with one attached hydrogen (secondary N) is 2. The van der Waals surface area contributed by atoms with E-state index in [2.05, 4.69) is 22.5 Å². The molecule has 0 saturated carbocycles. The molecule has 8 nitrogen and oxygen atoms in total. The second-order valence-electron chi connectivity index (χ2n) is 8.04. The lowest BCUT2D eigenvalue weighted by atomic mass is 9.93. The highest BCUT2D eigenvalue weighted by molar-refractivity contribution is 5.95. The van der Waals surface area contributed by atoms with Gasteiger partial charge in [0.15, 0.2) is 0 Å². The fraction of sp³-hybridized carbons (Fsp3) is 0.542. The number of amides is 2. The third-order valence-electron chi connectivity index (χ3n) is 5.96. The van der Waals surface area contributed by atoms with Crippen molar-refractivity contribution in [2.45, 2.75) is 46.1 Å². The number of rotatable bonds is 8. The van der Waals surface area contributed by atoms with Crippen LogP contribution in [-0.2, 0) is 25.5 Å². The molecule has 1 saturated heterocycles. The molecule has 0 spiro atoms. The normalized spacial score (nSPS) is 19.8. The van der Waals surface area contributed by atoms with Gasteiger partial charge in [-0.2, -0.15) is 0 Å². The fourth-order valence-electron chi connectivity index (χ4n) is 4.20. The first kappa shape index (κ1) is 23.8. The van der Waals surface area contributed by atoms with Crippen molar-refractivity contribution in [3.8, 4) is 0 Å². The van der Waals surface area contributed by atoms with Crippen molar-refractivity contribution in [1.82, 2.24) is 15.5 Å². The number of benzene rings is 1. The van der Waals surface area contributed by atoms with Gasteiger partial charge in [-0.15, -0.1) is 0 Å². The topological polar surface area (TPSA) is 97.0 Å². The average molecular weight is 444 g/mol. The highest BCUT2D eigenvalue weighted by atomic mass is 16.5. The minimum Gasteiger partial charge on any atom is -0.466 e. The summed E-state index contributed by atoms with van der Waals surface area (Å²) in [6, 6.07) is 6.96. The van der Waals surface area contributed by atoms with Gasteiger partial charge in [0.05, 0.1) is 30.7 Å². The SMILES string of the molecule is CCOC(=O)C1=C(CN2CCC(C(=O)OCC)CC2)NC(=O)N[C@@H]1c1ccc(CC)cc1. The van der Waals surface area contributed by atoms with Crippen LogP contribution in [0.4, 0.5) is 4.79 Å². The van der Waals surface area contributed by atoms with Crippen molar-refractivity contribution in [2.75, 3.05) is 32.8 Å². The molecule has 0 radical (unpaired) electrons. The van der Waals surface area contributed by atoms with Gasteiger partial charge in [-0.25, -0.2) is 9.59 Å². The lowest BCUT2D eigenvalue weighted by Crippen LogP contribution is -2.49. The van der Waals surface area contributed by atoms with Crippen molar-refractivity contribution in [3.63, 3.8) is 0 Å². The predicted octanol–water partition coefficient (Wildman–Crippen LogP) is 2.70. The first-order valence-electron chi connectivity index (χ1n) is 11.4. The van der Waals surface area contributed by atoms with E-state index >= 15 is 0 Å². The van der Waals surface area contributed by atoms with E-state index in [0.717, 1.165) is 12.0 Å². The van der Waals surface area contributed by atoms with Crippen molar-refractivity contribution in [1.29, 1.82) is 0 Å². The van der Waals surface area contributed by atoms with Crippen LogP contribution in [-0.4, -0.2) is 55.7 Å². The lowest BCUT2D eigenvalue weighted by molar-refractivity contribution is -0.149. The summed E-state index contributed by atoms with van der Waals surface area (Å²) in [6.07, 6.45) is 2.29. The van der Waals surface area contributed by atoms with Crippen LogP contribution in [0.25, 0.3) is 0 Å². The Bertz CT molecular complexity index is 857. The summed E-state index contributed by atoms with van der Waals surface area (Å²) < 4.78 is 10.5. The second kappa shape index (κ2) is 11.1. The van der Waals surface area contributed by atoms with Crippen molar-refractivity contribution in [2.24, 2.45) is 5.92 Å². The first-order valence-corrected chi connectivity index (χ1v) is 11.4. The Hall–Kier alpha value is -2.87. The quantitative estimate of drug-likeness (QED) is 0.600. The Morgan fingerprint density at radius 3 is 2.28 bits per heavy atom. The lowest BCUT2D eigenvalue weighted by Gasteiger charge is -2.35. The summed E-state index contributed by atoms with van der Waals surface area (Å²) in [5.74, 6) is -0.692.